The van der Waals surface area contributed by atoms with Crippen LogP contribution in [0.4, 0.5) is 13.2 Å². The van der Waals surface area contributed by atoms with Crippen molar-refractivity contribution in [2.45, 2.75) is 83.2 Å². The predicted molar refractivity (Wildman–Crippen MR) is 142 cm³/mol. The van der Waals surface area contributed by atoms with Crippen molar-refractivity contribution >= 4 is 15.7 Å². The molecule has 3 rings (SSSR count). The number of methoxy groups -OCH3 is 1. The lowest BCUT2D eigenvalue weighted by Gasteiger charge is -2.35. The highest BCUT2D eigenvalue weighted by Gasteiger charge is 2.47. The fraction of sp³-hybridized carbons (Fsp3) is 0.630. The number of aryl methyl sites for hydroxylation is 1. The summed E-state index contributed by atoms with van der Waals surface area (Å²) >= 11 is 0. The zero-order valence-electron chi connectivity index (χ0n) is 23.3. The van der Waals surface area contributed by atoms with Crippen LogP contribution in [0.25, 0.3) is 5.69 Å². The maximum Gasteiger partial charge on any atom is 0.394 e. The Balaban J connectivity index is 1.82. The molecule has 0 spiro atoms. The van der Waals surface area contributed by atoms with E-state index in [1.54, 1.807) is 29.7 Å². The largest absolute Gasteiger partial charge is 0.496 e. The van der Waals surface area contributed by atoms with Crippen LogP contribution in [0, 0.1) is 12.3 Å². The first-order valence-corrected chi connectivity index (χ1v) is 14.9. The second-order valence-electron chi connectivity index (χ2n) is 11.1. The number of carbonyl (C=O) groups is 1. The average molecular weight is 574 g/mol. The molecule has 1 amide bonds. The summed E-state index contributed by atoms with van der Waals surface area (Å²) in [4.78, 5) is 17.6. The van der Waals surface area contributed by atoms with E-state index in [2.05, 4.69) is 10.3 Å². The second-order valence-corrected chi connectivity index (χ2v) is 13.5. The van der Waals surface area contributed by atoms with E-state index in [0.717, 1.165) is 13.8 Å². The van der Waals surface area contributed by atoms with E-state index < -0.39 is 38.2 Å². The molecule has 0 radical (unpaired) electrons. The zero-order valence-corrected chi connectivity index (χ0v) is 24.1. The molecule has 2 N–H and O–H groups in total. The van der Waals surface area contributed by atoms with E-state index >= 15 is 0 Å². The summed E-state index contributed by atoms with van der Waals surface area (Å²) < 4.78 is 71.2. The molecule has 1 aliphatic rings. The van der Waals surface area contributed by atoms with Gasteiger partial charge < -0.3 is 19.7 Å². The van der Waals surface area contributed by atoms with Gasteiger partial charge >= 0.3 is 6.18 Å². The number of carbonyl (C=O) groups excluding carboxylic acids is 1. The van der Waals surface area contributed by atoms with Crippen molar-refractivity contribution in [3.05, 3.63) is 41.0 Å². The monoisotopic (exact) mass is 573 g/mol. The fourth-order valence-electron chi connectivity index (χ4n) is 5.01. The lowest BCUT2D eigenvalue weighted by atomic mass is 9.84. The van der Waals surface area contributed by atoms with E-state index in [9.17, 15) is 31.5 Å². The Hall–Kier alpha value is -2.60. The number of benzene rings is 1. The average Bonchev–Trinajstić information content (AvgIpc) is 3.18. The number of hydrogen-bond acceptors (Lipinski definition) is 6. The number of imidazole rings is 1. The van der Waals surface area contributed by atoms with E-state index in [1.807, 2.05) is 6.92 Å². The molecule has 218 valence electrons. The van der Waals surface area contributed by atoms with Crippen LogP contribution in [-0.4, -0.2) is 65.9 Å². The van der Waals surface area contributed by atoms with Crippen molar-refractivity contribution in [2.24, 2.45) is 5.41 Å². The van der Waals surface area contributed by atoms with Crippen molar-refractivity contribution in [2.75, 3.05) is 19.9 Å². The molecule has 1 aliphatic carbocycles. The van der Waals surface area contributed by atoms with E-state index in [-0.39, 0.29) is 31.5 Å². The smallest absolute Gasteiger partial charge is 0.394 e. The van der Waals surface area contributed by atoms with Crippen LogP contribution >= 0.6 is 0 Å². The maximum absolute atomic E-state index is 13.5. The number of halogens is 3. The van der Waals surface area contributed by atoms with Crippen molar-refractivity contribution in [1.29, 1.82) is 0 Å². The Morgan fingerprint density at radius 2 is 1.87 bits per heavy atom. The lowest BCUT2D eigenvalue weighted by molar-refractivity contribution is -0.211. The van der Waals surface area contributed by atoms with E-state index in [1.165, 1.54) is 13.4 Å². The molecular formula is C27H38F3N3O5S. The Morgan fingerprint density at radius 3 is 2.38 bits per heavy atom. The molecule has 1 aromatic heterocycles. The summed E-state index contributed by atoms with van der Waals surface area (Å²) in [6, 6.07) is 4.92. The van der Waals surface area contributed by atoms with Gasteiger partial charge in [0.15, 0.2) is 0 Å². The molecule has 1 saturated carbocycles. The Kier molecular flexibility index (Phi) is 8.81. The highest BCUT2D eigenvalue weighted by atomic mass is 32.2. The summed E-state index contributed by atoms with van der Waals surface area (Å²) in [6.45, 7) is 5.86. The van der Waals surface area contributed by atoms with Gasteiger partial charge in [0.05, 0.1) is 34.8 Å². The molecule has 2 aromatic rings. The van der Waals surface area contributed by atoms with Crippen molar-refractivity contribution < 1.29 is 36.2 Å². The lowest BCUT2D eigenvalue weighted by Crippen LogP contribution is -2.47. The van der Waals surface area contributed by atoms with Crippen LogP contribution in [0.15, 0.2) is 18.2 Å². The molecule has 0 unspecified atom stereocenters. The highest BCUT2D eigenvalue weighted by Crippen LogP contribution is 2.42. The summed E-state index contributed by atoms with van der Waals surface area (Å²) in [6.07, 6.45) is -1.78. The third-order valence-corrected chi connectivity index (χ3v) is 9.37. The molecule has 1 aromatic carbocycles. The van der Waals surface area contributed by atoms with Crippen LogP contribution in [0.1, 0.15) is 74.0 Å². The van der Waals surface area contributed by atoms with Gasteiger partial charge in [-0.15, -0.1) is 0 Å². The molecule has 39 heavy (non-hydrogen) atoms. The first-order valence-electron chi connectivity index (χ1n) is 12.9. The highest BCUT2D eigenvalue weighted by molar-refractivity contribution is 7.91. The summed E-state index contributed by atoms with van der Waals surface area (Å²) in [5, 5.41) is 13.2. The Bertz CT molecular complexity index is 1310. The fourth-order valence-corrected chi connectivity index (χ4v) is 6.10. The molecule has 0 aliphatic heterocycles. The van der Waals surface area contributed by atoms with Gasteiger partial charge in [-0.05, 0) is 50.7 Å². The van der Waals surface area contributed by atoms with Crippen molar-refractivity contribution in [3.8, 4) is 11.4 Å². The summed E-state index contributed by atoms with van der Waals surface area (Å²) in [7, 11) is -1.78. The first kappa shape index (κ1) is 30.9. The quantitative estimate of drug-likeness (QED) is 0.462. The van der Waals surface area contributed by atoms with Crippen molar-refractivity contribution in [1.82, 2.24) is 14.9 Å². The SMILES string of the molecule is CCc1nc(C(=O)NC[C@]2(O)CC[C@@H](S(C)(=O)=O)CC2)c(C)n1-c1ccc(CC(C)(C)C(F)(F)F)c(OC)c1. The summed E-state index contributed by atoms with van der Waals surface area (Å²) in [5.41, 5.74) is -1.44. The summed E-state index contributed by atoms with van der Waals surface area (Å²) in [5.74, 6) is 0.406. The van der Waals surface area contributed by atoms with E-state index in [0.29, 0.717) is 47.8 Å². The van der Waals surface area contributed by atoms with Crippen LogP contribution in [0.3, 0.4) is 0 Å². The molecule has 0 saturated heterocycles. The number of nitrogens with one attached hydrogen (secondary N) is 1. The Morgan fingerprint density at radius 1 is 1.26 bits per heavy atom. The number of nitrogens with zero attached hydrogens (tertiary/aromatic N) is 2. The second kappa shape index (κ2) is 11.1. The number of hydrogen-bond donors (Lipinski definition) is 2. The number of aliphatic hydroxyl groups is 1. The van der Waals surface area contributed by atoms with Gasteiger partial charge in [-0.3, -0.25) is 4.79 Å². The number of ether oxygens (including phenoxy) is 1. The van der Waals surface area contributed by atoms with Crippen molar-refractivity contribution in [3.63, 3.8) is 0 Å². The third kappa shape index (κ3) is 6.77. The first-order chi connectivity index (χ1) is 17.9. The minimum Gasteiger partial charge on any atom is -0.496 e. The molecule has 1 heterocycles. The molecule has 8 nitrogen and oxygen atoms in total. The topological polar surface area (TPSA) is 111 Å². The molecule has 0 bridgehead atoms. The van der Waals surface area contributed by atoms with Crippen LogP contribution in [0.2, 0.25) is 0 Å². The van der Waals surface area contributed by atoms with Crippen LogP contribution in [-0.2, 0) is 22.7 Å². The standard InChI is InChI=1S/C27H38F3N3O5S/c1-7-22-32-23(24(34)31-16-26(35)12-10-20(11-13-26)39(6,36)37)17(2)33(22)19-9-8-18(21(14-19)38-5)15-25(3,4)27(28,29)30/h8-9,14,20,35H,7,10-13,15-16H2,1-6H3,(H,31,34)/t20-,26+. The third-order valence-electron chi connectivity index (χ3n) is 7.68. The van der Waals surface area contributed by atoms with Gasteiger partial charge in [-0.25, -0.2) is 13.4 Å². The van der Waals surface area contributed by atoms with Gasteiger partial charge in [0.1, 0.15) is 27.1 Å². The van der Waals surface area contributed by atoms with Gasteiger partial charge in [0, 0.05) is 25.3 Å². The molecule has 0 atom stereocenters. The zero-order chi connectivity index (χ0) is 29.4. The molecular weight excluding hydrogens is 535 g/mol. The number of amides is 1. The van der Waals surface area contributed by atoms with Gasteiger partial charge in [-0.2, -0.15) is 13.2 Å². The van der Waals surface area contributed by atoms with Gasteiger partial charge in [-0.1, -0.05) is 26.8 Å². The number of sulfone groups is 1. The number of aromatic nitrogens is 2. The molecule has 12 heteroatoms. The number of rotatable bonds is 9. The maximum atomic E-state index is 13.5. The van der Waals surface area contributed by atoms with Gasteiger partial charge in [0.25, 0.3) is 5.91 Å². The normalized spacial score (nSPS) is 20.6. The number of alkyl halides is 3. The van der Waals surface area contributed by atoms with Crippen LogP contribution < -0.4 is 10.1 Å². The molecule has 1 fully saturated rings. The predicted octanol–water partition coefficient (Wildman–Crippen LogP) is 4.33. The minimum atomic E-state index is -4.38. The van der Waals surface area contributed by atoms with E-state index in [4.69, 9.17) is 4.74 Å². The Labute approximate surface area is 227 Å². The minimum absolute atomic E-state index is 0.0341. The van der Waals surface area contributed by atoms with Gasteiger partial charge in [0.2, 0.25) is 0 Å². The van der Waals surface area contributed by atoms with Crippen LogP contribution in [0.5, 0.6) is 5.75 Å².